The van der Waals surface area contributed by atoms with Crippen molar-refractivity contribution in [3.05, 3.63) is 0 Å². The van der Waals surface area contributed by atoms with Crippen molar-refractivity contribution in [2.45, 2.75) is 64.6 Å². The van der Waals surface area contributed by atoms with E-state index >= 15 is 0 Å². The largest absolute Gasteiger partial charge is 0.444 e. The fourth-order valence-corrected chi connectivity index (χ4v) is 2.01. The molecule has 1 amide bonds. The van der Waals surface area contributed by atoms with Crippen molar-refractivity contribution >= 4 is 6.09 Å². The third-order valence-corrected chi connectivity index (χ3v) is 2.94. The Hall–Kier alpha value is -0.770. The van der Waals surface area contributed by atoms with E-state index in [1.807, 2.05) is 20.8 Å². The highest BCUT2D eigenvalue weighted by Gasteiger charge is 2.28. The van der Waals surface area contributed by atoms with Gasteiger partial charge in [-0.15, -0.1) is 0 Å². The van der Waals surface area contributed by atoms with Crippen LogP contribution < -0.4 is 11.1 Å². The number of carbonyl (C=O) groups excluding carboxylic acids is 1. The summed E-state index contributed by atoms with van der Waals surface area (Å²) in [6.07, 6.45) is 2.63. The van der Waals surface area contributed by atoms with Crippen molar-refractivity contribution in [3.63, 3.8) is 0 Å². The summed E-state index contributed by atoms with van der Waals surface area (Å²) >= 11 is 0. The molecule has 3 N–H and O–H groups in total. The Morgan fingerprint density at radius 1 is 1.38 bits per heavy atom. The first-order chi connectivity index (χ1) is 7.28. The summed E-state index contributed by atoms with van der Waals surface area (Å²) in [6.45, 7) is 7.74. The minimum atomic E-state index is -0.440. The second kappa shape index (κ2) is 5.04. The maximum absolute atomic E-state index is 11.6. The number of hydrogen-bond acceptors (Lipinski definition) is 3. The number of rotatable bonds is 1. The molecule has 1 saturated carbocycles. The van der Waals surface area contributed by atoms with Gasteiger partial charge in [0.1, 0.15) is 5.60 Å². The van der Waals surface area contributed by atoms with Gasteiger partial charge < -0.3 is 15.8 Å². The maximum atomic E-state index is 11.6. The van der Waals surface area contributed by atoms with Crippen LogP contribution in [0.5, 0.6) is 0 Å². The van der Waals surface area contributed by atoms with E-state index in [-0.39, 0.29) is 18.2 Å². The zero-order valence-electron chi connectivity index (χ0n) is 10.7. The van der Waals surface area contributed by atoms with Crippen LogP contribution in [0.25, 0.3) is 0 Å². The van der Waals surface area contributed by atoms with Crippen molar-refractivity contribution in [2.75, 3.05) is 0 Å². The van der Waals surface area contributed by atoms with Gasteiger partial charge in [-0.3, -0.25) is 0 Å². The summed E-state index contributed by atoms with van der Waals surface area (Å²) in [5.74, 6) is 0.479. The normalized spacial score (nSPS) is 30.9. The van der Waals surface area contributed by atoms with Gasteiger partial charge in [0.2, 0.25) is 0 Å². The van der Waals surface area contributed by atoms with E-state index in [2.05, 4.69) is 12.2 Å². The number of alkyl carbamates (subject to hydrolysis) is 1. The highest BCUT2D eigenvalue weighted by molar-refractivity contribution is 5.68. The highest BCUT2D eigenvalue weighted by Crippen LogP contribution is 2.23. The first-order valence-electron chi connectivity index (χ1n) is 6.03. The predicted molar refractivity (Wildman–Crippen MR) is 64.1 cm³/mol. The molecular formula is C12H24N2O2. The number of nitrogens with two attached hydrogens (primary N) is 1. The lowest BCUT2D eigenvalue weighted by Crippen LogP contribution is -2.47. The predicted octanol–water partition coefficient (Wildman–Crippen LogP) is 2.03. The minimum absolute atomic E-state index is 0.151. The molecule has 0 heterocycles. The molecule has 0 aromatic carbocycles. The molecule has 3 atom stereocenters. The van der Waals surface area contributed by atoms with Crippen LogP contribution in [-0.2, 0) is 4.74 Å². The highest BCUT2D eigenvalue weighted by atomic mass is 16.6. The lowest BCUT2D eigenvalue weighted by molar-refractivity contribution is 0.0469. The van der Waals surface area contributed by atoms with Crippen molar-refractivity contribution < 1.29 is 9.53 Å². The van der Waals surface area contributed by atoms with Gasteiger partial charge in [-0.25, -0.2) is 4.79 Å². The molecule has 0 aromatic heterocycles. The lowest BCUT2D eigenvalue weighted by atomic mass is 9.83. The third-order valence-electron chi connectivity index (χ3n) is 2.94. The molecule has 4 heteroatoms. The number of nitrogens with one attached hydrogen (secondary N) is 1. The van der Waals surface area contributed by atoms with Crippen molar-refractivity contribution in [2.24, 2.45) is 11.7 Å². The smallest absolute Gasteiger partial charge is 0.407 e. The van der Waals surface area contributed by atoms with Gasteiger partial charge in [-0.05, 0) is 46.0 Å². The average molecular weight is 228 g/mol. The molecule has 0 radical (unpaired) electrons. The summed E-state index contributed by atoms with van der Waals surface area (Å²) in [5.41, 5.74) is 5.46. The summed E-state index contributed by atoms with van der Waals surface area (Å²) in [5, 5.41) is 2.91. The van der Waals surface area contributed by atoms with Crippen LogP contribution in [0.3, 0.4) is 0 Å². The Kier molecular flexibility index (Phi) is 4.19. The molecule has 1 fully saturated rings. The Morgan fingerprint density at radius 2 is 2.00 bits per heavy atom. The zero-order chi connectivity index (χ0) is 12.3. The van der Waals surface area contributed by atoms with E-state index in [4.69, 9.17) is 10.5 Å². The van der Waals surface area contributed by atoms with Crippen LogP contribution in [0.2, 0.25) is 0 Å². The molecule has 16 heavy (non-hydrogen) atoms. The van der Waals surface area contributed by atoms with E-state index in [9.17, 15) is 4.79 Å². The molecule has 1 rings (SSSR count). The van der Waals surface area contributed by atoms with E-state index in [1.54, 1.807) is 0 Å². The van der Waals surface area contributed by atoms with Crippen molar-refractivity contribution in [1.29, 1.82) is 0 Å². The van der Waals surface area contributed by atoms with Crippen LogP contribution >= 0.6 is 0 Å². The molecule has 4 nitrogen and oxygen atoms in total. The number of amides is 1. The van der Waals surface area contributed by atoms with E-state index < -0.39 is 5.60 Å². The SMILES string of the molecule is CC1CCC(N)CC1NC(=O)OC(C)(C)C. The van der Waals surface area contributed by atoms with Crippen molar-refractivity contribution in [1.82, 2.24) is 5.32 Å². The van der Waals surface area contributed by atoms with Gasteiger partial charge in [-0.1, -0.05) is 6.92 Å². The molecule has 94 valence electrons. The average Bonchev–Trinajstić information content (AvgIpc) is 2.08. The van der Waals surface area contributed by atoms with Gasteiger partial charge in [0.15, 0.2) is 0 Å². The Morgan fingerprint density at radius 3 is 2.56 bits per heavy atom. The van der Waals surface area contributed by atoms with Gasteiger partial charge in [0.25, 0.3) is 0 Å². The molecule has 0 saturated heterocycles. The maximum Gasteiger partial charge on any atom is 0.407 e. The third kappa shape index (κ3) is 4.39. The second-order valence-electron chi connectivity index (χ2n) is 5.80. The van der Waals surface area contributed by atoms with Gasteiger partial charge in [0.05, 0.1) is 0 Å². The number of carbonyl (C=O) groups is 1. The summed E-state index contributed by atoms with van der Waals surface area (Å²) in [7, 11) is 0. The molecule has 1 aliphatic rings. The van der Waals surface area contributed by atoms with E-state index in [0.29, 0.717) is 5.92 Å². The second-order valence-corrected chi connectivity index (χ2v) is 5.80. The van der Waals surface area contributed by atoms with Crippen LogP contribution in [0.15, 0.2) is 0 Å². The number of hydrogen-bond donors (Lipinski definition) is 2. The molecule has 1 aliphatic carbocycles. The molecule has 0 bridgehead atoms. The lowest BCUT2D eigenvalue weighted by Gasteiger charge is -2.33. The Labute approximate surface area is 97.9 Å². The van der Waals surface area contributed by atoms with Gasteiger partial charge in [-0.2, -0.15) is 0 Å². The topological polar surface area (TPSA) is 64.3 Å². The molecule has 3 unspecified atom stereocenters. The van der Waals surface area contributed by atoms with Crippen LogP contribution in [0.4, 0.5) is 4.79 Å². The first kappa shape index (κ1) is 13.3. The van der Waals surface area contributed by atoms with Crippen LogP contribution in [0.1, 0.15) is 47.0 Å². The fourth-order valence-electron chi connectivity index (χ4n) is 2.01. The van der Waals surface area contributed by atoms with Gasteiger partial charge in [0, 0.05) is 12.1 Å². The van der Waals surface area contributed by atoms with Crippen molar-refractivity contribution in [3.8, 4) is 0 Å². The van der Waals surface area contributed by atoms with Crippen LogP contribution in [0, 0.1) is 5.92 Å². The molecule has 0 spiro atoms. The van der Waals surface area contributed by atoms with Gasteiger partial charge >= 0.3 is 6.09 Å². The molecular weight excluding hydrogens is 204 g/mol. The Bertz CT molecular complexity index is 248. The first-order valence-corrected chi connectivity index (χ1v) is 6.03. The van der Waals surface area contributed by atoms with E-state index in [1.165, 1.54) is 0 Å². The quantitative estimate of drug-likeness (QED) is 0.721. The van der Waals surface area contributed by atoms with E-state index in [0.717, 1.165) is 19.3 Å². The standard InChI is InChI=1S/C12H24N2O2/c1-8-5-6-9(13)7-10(8)14-11(15)16-12(2,3)4/h8-10H,5-7,13H2,1-4H3,(H,14,15). The fraction of sp³-hybridized carbons (Fsp3) is 0.917. The summed E-state index contributed by atoms with van der Waals surface area (Å²) < 4.78 is 5.23. The zero-order valence-corrected chi connectivity index (χ0v) is 10.7. The summed E-state index contributed by atoms with van der Waals surface area (Å²) in [6, 6.07) is 0.356. The summed E-state index contributed by atoms with van der Waals surface area (Å²) in [4.78, 5) is 11.6. The monoisotopic (exact) mass is 228 g/mol. The molecule has 0 aliphatic heterocycles. The Balaban J connectivity index is 2.43. The number of ether oxygens (including phenoxy) is 1. The molecule has 0 aromatic rings. The minimum Gasteiger partial charge on any atom is -0.444 e. The van der Waals surface area contributed by atoms with Crippen LogP contribution in [-0.4, -0.2) is 23.8 Å².